The molecule has 2 aromatic rings. The third kappa shape index (κ3) is 4.60. The van der Waals surface area contributed by atoms with Gasteiger partial charge in [0.15, 0.2) is 0 Å². The number of carbonyl (C=O) groups excluding carboxylic acids is 3. The number of anilines is 1. The van der Waals surface area contributed by atoms with E-state index >= 15 is 0 Å². The molecule has 1 N–H and O–H groups in total. The number of rotatable bonds is 7. The van der Waals surface area contributed by atoms with E-state index in [2.05, 4.69) is 10.2 Å². The molecule has 1 atom stereocenters. The van der Waals surface area contributed by atoms with Gasteiger partial charge in [0.1, 0.15) is 23.7 Å². The summed E-state index contributed by atoms with van der Waals surface area (Å²) in [6.45, 7) is 3.61. The number of hydrogen-bond acceptors (Lipinski definition) is 4. The van der Waals surface area contributed by atoms with Crippen molar-refractivity contribution in [3.05, 3.63) is 65.7 Å². The number of hydrogen-bond donors (Lipinski definition) is 1. The molecule has 9 heteroatoms. The van der Waals surface area contributed by atoms with Crippen molar-refractivity contribution in [1.82, 2.24) is 15.1 Å². The molecule has 180 valence electrons. The maximum atomic E-state index is 13.5. The maximum Gasteiger partial charge on any atom is 0.325 e. The Morgan fingerprint density at radius 1 is 0.941 bits per heavy atom. The predicted octanol–water partition coefficient (Wildman–Crippen LogP) is 3.25. The molecule has 2 aliphatic rings. The van der Waals surface area contributed by atoms with Gasteiger partial charge in [0.2, 0.25) is 5.91 Å². The summed E-state index contributed by atoms with van der Waals surface area (Å²) in [5, 5.41) is 2.78. The highest BCUT2D eigenvalue weighted by Gasteiger charge is 2.52. The van der Waals surface area contributed by atoms with E-state index in [4.69, 9.17) is 0 Å². The van der Waals surface area contributed by atoms with Crippen molar-refractivity contribution >= 4 is 23.5 Å². The number of carbonyl (C=O) groups is 3. The molecule has 0 aliphatic carbocycles. The first kappa shape index (κ1) is 23.7. The van der Waals surface area contributed by atoms with Crippen molar-refractivity contribution in [3.63, 3.8) is 0 Å². The predicted molar refractivity (Wildman–Crippen MR) is 123 cm³/mol. The molecule has 2 aromatic carbocycles. The number of unbranched alkanes of at least 4 members (excludes halogenated alkanes) is 1. The van der Waals surface area contributed by atoms with Crippen LogP contribution in [-0.2, 0) is 15.1 Å². The Bertz CT molecular complexity index is 1050. The standard InChI is InChI=1S/C25H28F2N4O3/c1-2-3-12-25(18-4-6-19(26)7-5-18)23(33)31(24(34)28-25)17-22(32)30-15-13-29(14-16-30)21-10-8-20(27)9-11-21/h4-11H,2-3,12-17H2,1H3,(H,28,34). The Morgan fingerprint density at radius 2 is 1.53 bits per heavy atom. The Morgan fingerprint density at radius 3 is 2.12 bits per heavy atom. The SMILES string of the molecule is CCCCC1(c2ccc(F)cc2)NC(=O)N(CC(=O)N2CCN(c3ccc(F)cc3)CC2)C1=O. The summed E-state index contributed by atoms with van der Waals surface area (Å²) in [5.41, 5.74) is 0.0775. The number of nitrogens with zero attached hydrogens (tertiary/aromatic N) is 3. The third-order valence-corrected chi connectivity index (χ3v) is 6.54. The van der Waals surface area contributed by atoms with E-state index in [0.717, 1.165) is 17.0 Å². The van der Waals surface area contributed by atoms with Gasteiger partial charge < -0.3 is 15.1 Å². The number of benzene rings is 2. The zero-order valence-electron chi connectivity index (χ0n) is 19.1. The maximum absolute atomic E-state index is 13.5. The van der Waals surface area contributed by atoms with Crippen molar-refractivity contribution in [2.75, 3.05) is 37.6 Å². The van der Waals surface area contributed by atoms with E-state index in [0.29, 0.717) is 44.6 Å². The molecule has 34 heavy (non-hydrogen) atoms. The summed E-state index contributed by atoms with van der Waals surface area (Å²) >= 11 is 0. The van der Waals surface area contributed by atoms with Crippen molar-refractivity contribution in [1.29, 1.82) is 0 Å². The molecule has 1 unspecified atom stereocenters. The monoisotopic (exact) mass is 470 g/mol. The van der Waals surface area contributed by atoms with Crippen LogP contribution in [0, 0.1) is 11.6 Å². The van der Waals surface area contributed by atoms with Crippen molar-refractivity contribution in [2.24, 2.45) is 0 Å². The number of halogens is 2. The van der Waals surface area contributed by atoms with Crippen LogP contribution >= 0.6 is 0 Å². The average Bonchev–Trinajstić information content (AvgIpc) is 3.08. The zero-order valence-corrected chi connectivity index (χ0v) is 19.1. The van der Waals surface area contributed by atoms with Gasteiger partial charge in [-0.2, -0.15) is 0 Å². The normalized spacial score (nSPS) is 20.6. The number of urea groups is 1. The van der Waals surface area contributed by atoms with Crippen LogP contribution in [0.3, 0.4) is 0 Å². The second-order valence-electron chi connectivity index (χ2n) is 8.68. The lowest BCUT2D eigenvalue weighted by Crippen LogP contribution is -2.52. The Hall–Kier alpha value is -3.49. The van der Waals surface area contributed by atoms with E-state index in [-0.39, 0.29) is 18.3 Å². The van der Waals surface area contributed by atoms with Gasteiger partial charge in [0.25, 0.3) is 5.91 Å². The molecule has 0 saturated carbocycles. The van der Waals surface area contributed by atoms with E-state index < -0.39 is 23.3 Å². The van der Waals surface area contributed by atoms with E-state index in [1.54, 1.807) is 17.0 Å². The summed E-state index contributed by atoms with van der Waals surface area (Å²) in [4.78, 5) is 43.9. The molecule has 0 aromatic heterocycles. The summed E-state index contributed by atoms with van der Waals surface area (Å²) in [6.07, 6.45) is 1.85. The fraction of sp³-hybridized carbons (Fsp3) is 0.400. The second kappa shape index (κ2) is 9.79. The molecular formula is C25H28F2N4O3. The minimum Gasteiger partial charge on any atom is -0.368 e. The largest absolute Gasteiger partial charge is 0.368 e. The van der Waals surface area contributed by atoms with Crippen LogP contribution < -0.4 is 10.2 Å². The molecule has 4 amide bonds. The topological polar surface area (TPSA) is 73.0 Å². The fourth-order valence-corrected chi connectivity index (χ4v) is 4.56. The summed E-state index contributed by atoms with van der Waals surface area (Å²) in [7, 11) is 0. The van der Waals surface area contributed by atoms with Crippen LogP contribution in [0.25, 0.3) is 0 Å². The second-order valence-corrected chi connectivity index (χ2v) is 8.68. The van der Waals surface area contributed by atoms with Crippen LogP contribution in [0.2, 0.25) is 0 Å². The highest BCUT2D eigenvalue weighted by molar-refractivity contribution is 6.09. The molecule has 2 aliphatic heterocycles. The molecule has 4 rings (SSSR count). The quantitative estimate of drug-likeness (QED) is 0.631. The zero-order chi connectivity index (χ0) is 24.3. The highest BCUT2D eigenvalue weighted by atomic mass is 19.1. The van der Waals surface area contributed by atoms with Gasteiger partial charge in [0, 0.05) is 31.9 Å². The minimum absolute atomic E-state index is 0.304. The van der Waals surface area contributed by atoms with Crippen molar-refractivity contribution in [3.8, 4) is 0 Å². The first-order chi connectivity index (χ1) is 16.3. The lowest BCUT2D eigenvalue weighted by molar-refractivity contribution is -0.139. The molecule has 0 bridgehead atoms. The summed E-state index contributed by atoms with van der Waals surface area (Å²) in [5.74, 6) is -1.54. The lowest BCUT2D eigenvalue weighted by Gasteiger charge is -2.36. The van der Waals surface area contributed by atoms with E-state index in [1.807, 2.05) is 6.92 Å². The third-order valence-electron chi connectivity index (χ3n) is 6.54. The van der Waals surface area contributed by atoms with Crippen LogP contribution in [0.4, 0.5) is 19.3 Å². The number of imide groups is 1. The average molecular weight is 471 g/mol. The first-order valence-electron chi connectivity index (χ1n) is 11.5. The Kier molecular flexibility index (Phi) is 6.81. The van der Waals surface area contributed by atoms with Crippen LogP contribution in [0.15, 0.2) is 48.5 Å². The van der Waals surface area contributed by atoms with Gasteiger partial charge in [-0.05, 0) is 48.4 Å². The van der Waals surface area contributed by atoms with Gasteiger partial charge in [-0.15, -0.1) is 0 Å². The smallest absolute Gasteiger partial charge is 0.325 e. The lowest BCUT2D eigenvalue weighted by atomic mass is 9.85. The molecule has 2 saturated heterocycles. The molecule has 2 fully saturated rings. The van der Waals surface area contributed by atoms with Crippen LogP contribution in [-0.4, -0.2) is 60.4 Å². The molecule has 0 radical (unpaired) electrons. The number of piperazine rings is 1. The molecular weight excluding hydrogens is 442 g/mol. The fourth-order valence-electron chi connectivity index (χ4n) is 4.56. The molecule has 7 nitrogen and oxygen atoms in total. The van der Waals surface area contributed by atoms with Gasteiger partial charge in [0.05, 0.1) is 0 Å². The highest BCUT2D eigenvalue weighted by Crippen LogP contribution is 2.34. The Balaban J connectivity index is 1.43. The summed E-state index contributed by atoms with van der Waals surface area (Å²) < 4.78 is 26.7. The molecule has 2 heterocycles. The number of amides is 4. The van der Waals surface area contributed by atoms with Gasteiger partial charge >= 0.3 is 6.03 Å². The Labute approximate surface area is 197 Å². The van der Waals surface area contributed by atoms with Crippen molar-refractivity contribution in [2.45, 2.75) is 31.7 Å². The van der Waals surface area contributed by atoms with Crippen LogP contribution in [0.1, 0.15) is 31.7 Å². The van der Waals surface area contributed by atoms with Gasteiger partial charge in [-0.1, -0.05) is 31.9 Å². The minimum atomic E-state index is -1.30. The molecule has 0 spiro atoms. The van der Waals surface area contributed by atoms with E-state index in [1.165, 1.54) is 36.4 Å². The van der Waals surface area contributed by atoms with Crippen LogP contribution in [0.5, 0.6) is 0 Å². The van der Waals surface area contributed by atoms with Crippen molar-refractivity contribution < 1.29 is 23.2 Å². The summed E-state index contributed by atoms with van der Waals surface area (Å²) in [6, 6.07) is 11.1. The number of nitrogens with one attached hydrogen (secondary N) is 1. The first-order valence-corrected chi connectivity index (χ1v) is 11.5. The van der Waals surface area contributed by atoms with E-state index in [9.17, 15) is 23.2 Å². The van der Waals surface area contributed by atoms with Gasteiger partial charge in [-0.3, -0.25) is 14.5 Å². The van der Waals surface area contributed by atoms with Gasteiger partial charge in [-0.25, -0.2) is 13.6 Å².